The second-order valence-corrected chi connectivity index (χ2v) is 3.84. The fourth-order valence-corrected chi connectivity index (χ4v) is 1.37. The standard InChI is InChI=1S/C16H14N2O/c1-13-7-3-4-8-14(2)18-16(11-10-13)19-15-9-5-6-12-17-15/h3-12H,1-2H2. The molecule has 0 aliphatic rings. The fraction of sp³-hybridized carbons (Fsp3) is 0. The van der Waals surface area contributed by atoms with Gasteiger partial charge in [0.25, 0.3) is 0 Å². The van der Waals surface area contributed by atoms with Crippen LogP contribution in [0.2, 0.25) is 0 Å². The number of aromatic nitrogens is 2. The average Bonchev–Trinajstić information content (AvgIpc) is 2.42. The molecule has 0 saturated heterocycles. The maximum absolute atomic E-state index is 5.60. The third kappa shape index (κ3) is 4.24. The zero-order chi connectivity index (χ0) is 13.5. The third-order valence-corrected chi connectivity index (χ3v) is 2.25. The van der Waals surface area contributed by atoms with Crippen molar-refractivity contribution < 1.29 is 4.74 Å². The van der Waals surface area contributed by atoms with Crippen LogP contribution in [0.5, 0.6) is 11.8 Å². The summed E-state index contributed by atoms with van der Waals surface area (Å²) in [6, 6.07) is 16.4. The maximum atomic E-state index is 5.60. The molecule has 0 aromatic carbocycles. The molecule has 0 unspecified atom stereocenters. The Morgan fingerprint density at radius 2 is 1.58 bits per heavy atom. The Balaban J connectivity index is 2.47. The van der Waals surface area contributed by atoms with E-state index in [0.29, 0.717) is 17.1 Å². The summed E-state index contributed by atoms with van der Waals surface area (Å²) in [6.45, 7) is 7.73. The molecule has 2 aromatic rings. The van der Waals surface area contributed by atoms with Gasteiger partial charge in [-0.25, -0.2) is 9.97 Å². The zero-order valence-corrected chi connectivity index (χ0v) is 10.5. The predicted octanol–water partition coefficient (Wildman–Crippen LogP) is 2.21. The van der Waals surface area contributed by atoms with Crippen LogP contribution in [0.15, 0.2) is 60.8 Å². The van der Waals surface area contributed by atoms with Crippen molar-refractivity contribution in [3.8, 4) is 11.8 Å². The Bertz CT molecular complexity index is 697. The summed E-state index contributed by atoms with van der Waals surface area (Å²) in [5.74, 6) is 0.908. The van der Waals surface area contributed by atoms with Crippen molar-refractivity contribution in [1.82, 2.24) is 9.97 Å². The smallest absolute Gasteiger partial charge is 0.221 e. The minimum atomic E-state index is 0.421. The van der Waals surface area contributed by atoms with Gasteiger partial charge >= 0.3 is 0 Å². The highest BCUT2D eigenvalue weighted by Gasteiger charge is 1.95. The van der Waals surface area contributed by atoms with E-state index in [4.69, 9.17) is 4.74 Å². The lowest BCUT2D eigenvalue weighted by atomic mass is 10.4. The van der Waals surface area contributed by atoms with E-state index >= 15 is 0 Å². The minimum absolute atomic E-state index is 0.421. The number of hydrogen-bond acceptors (Lipinski definition) is 3. The van der Waals surface area contributed by atoms with Crippen LogP contribution >= 0.6 is 0 Å². The van der Waals surface area contributed by atoms with Crippen LogP contribution in [0.1, 0.15) is 0 Å². The fourth-order valence-electron chi connectivity index (χ4n) is 1.37. The van der Waals surface area contributed by atoms with Crippen molar-refractivity contribution in [2.75, 3.05) is 0 Å². The first-order valence-corrected chi connectivity index (χ1v) is 5.82. The summed E-state index contributed by atoms with van der Waals surface area (Å²) in [5.41, 5.74) is 0. The summed E-state index contributed by atoms with van der Waals surface area (Å²) in [5, 5.41) is 1.46. The van der Waals surface area contributed by atoms with Crippen molar-refractivity contribution in [2.24, 2.45) is 0 Å². The van der Waals surface area contributed by atoms with Gasteiger partial charge in [0.05, 0.1) is 5.35 Å². The second-order valence-electron chi connectivity index (χ2n) is 3.84. The highest BCUT2D eigenvalue weighted by atomic mass is 16.5. The predicted molar refractivity (Wildman–Crippen MR) is 76.5 cm³/mol. The van der Waals surface area contributed by atoms with Crippen molar-refractivity contribution in [3.63, 3.8) is 0 Å². The van der Waals surface area contributed by atoms with Gasteiger partial charge in [-0.05, 0) is 17.4 Å². The molecule has 19 heavy (non-hydrogen) atoms. The Kier molecular flexibility index (Phi) is 4.24. The summed E-state index contributed by atoms with van der Waals surface area (Å²) < 4.78 is 5.60. The Morgan fingerprint density at radius 3 is 2.37 bits per heavy atom. The molecule has 0 spiro atoms. The van der Waals surface area contributed by atoms with Gasteiger partial charge < -0.3 is 4.74 Å². The van der Waals surface area contributed by atoms with Gasteiger partial charge in [-0.2, -0.15) is 0 Å². The van der Waals surface area contributed by atoms with Gasteiger partial charge in [-0.1, -0.05) is 43.5 Å². The molecule has 0 amide bonds. The first kappa shape index (κ1) is 12.8. The molecule has 0 saturated carbocycles. The lowest BCUT2D eigenvalue weighted by Crippen LogP contribution is -2.02. The van der Waals surface area contributed by atoms with Gasteiger partial charge in [0.1, 0.15) is 0 Å². The molecule has 3 heteroatoms. The number of pyridine rings is 1. The third-order valence-electron chi connectivity index (χ3n) is 2.25. The highest BCUT2D eigenvalue weighted by molar-refractivity contribution is 5.19. The van der Waals surface area contributed by atoms with Gasteiger partial charge in [-0.15, -0.1) is 0 Å². The van der Waals surface area contributed by atoms with E-state index in [1.54, 1.807) is 24.4 Å². The molecule has 0 N–H and O–H groups in total. The summed E-state index contributed by atoms with van der Waals surface area (Å²) in [4.78, 5) is 8.37. The molecule has 0 radical (unpaired) electrons. The van der Waals surface area contributed by atoms with Crippen LogP contribution in [0.4, 0.5) is 0 Å². The summed E-state index contributed by atoms with van der Waals surface area (Å²) >= 11 is 0. The lowest BCUT2D eigenvalue weighted by Gasteiger charge is -2.00. The highest BCUT2D eigenvalue weighted by Crippen LogP contribution is 2.12. The lowest BCUT2D eigenvalue weighted by molar-refractivity contribution is 0.444. The van der Waals surface area contributed by atoms with Crippen molar-refractivity contribution in [3.05, 3.63) is 71.4 Å². The minimum Gasteiger partial charge on any atom is -0.421 e. The van der Waals surface area contributed by atoms with Crippen molar-refractivity contribution in [1.29, 1.82) is 0 Å². The summed E-state index contributed by atoms with van der Waals surface area (Å²) in [7, 11) is 0. The Hall–Kier alpha value is -2.68. The molecule has 2 aromatic heterocycles. The van der Waals surface area contributed by atoms with E-state index in [-0.39, 0.29) is 0 Å². The van der Waals surface area contributed by atoms with E-state index in [9.17, 15) is 0 Å². The quantitative estimate of drug-likeness (QED) is 0.819. The number of rotatable bonds is 2. The van der Waals surface area contributed by atoms with Gasteiger partial charge in [0.15, 0.2) is 0 Å². The van der Waals surface area contributed by atoms with E-state index < -0.39 is 0 Å². The molecule has 0 aliphatic carbocycles. The van der Waals surface area contributed by atoms with Crippen molar-refractivity contribution >= 4 is 13.2 Å². The molecule has 0 aliphatic heterocycles. The number of hydrogen-bond donors (Lipinski definition) is 0. The summed E-state index contributed by atoms with van der Waals surface area (Å²) in [6.07, 6.45) is 1.66. The number of ether oxygens (including phenoxy) is 1. The number of nitrogens with zero attached hydrogens (tertiary/aromatic N) is 2. The average molecular weight is 250 g/mol. The molecule has 2 rings (SSSR count). The monoisotopic (exact) mass is 250 g/mol. The van der Waals surface area contributed by atoms with Crippen molar-refractivity contribution in [2.45, 2.75) is 0 Å². The molecule has 3 nitrogen and oxygen atoms in total. The van der Waals surface area contributed by atoms with E-state index in [2.05, 4.69) is 23.1 Å². The molecule has 2 heterocycles. The van der Waals surface area contributed by atoms with Crippen LogP contribution in [0, 0.1) is 0 Å². The SMILES string of the molecule is C=c1ccccc(=C)nc(Oc2ccccn2)cc1. The van der Waals surface area contributed by atoms with Gasteiger partial charge in [0, 0.05) is 18.3 Å². The van der Waals surface area contributed by atoms with E-state index in [1.807, 2.05) is 36.4 Å². The largest absolute Gasteiger partial charge is 0.421 e. The van der Waals surface area contributed by atoms with Crippen LogP contribution in [-0.2, 0) is 0 Å². The van der Waals surface area contributed by atoms with E-state index in [1.165, 1.54) is 0 Å². The van der Waals surface area contributed by atoms with Crippen LogP contribution in [0.25, 0.3) is 13.2 Å². The maximum Gasteiger partial charge on any atom is 0.221 e. The molecule has 0 fully saturated rings. The Labute approximate surface area is 111 Å². The molecular weight excluding hydrogens is 236 g/mol. The molecule has 0 atom stereocenters. The normalized spacial score (nSPS) is 9.47. The second kappa shape index (κ2) is 6.31. The molecule has 94 valence electrons. The molecule has 0 bridgehead atoms. The first-order valence-electron chi connectivity index (χ1n) is 5.82. The van der Waals surface area contributed by atoms with Crippen LogP contribution in [0.3, 0.4) is 0 Å². The van der Waals surface area contributed by atoms with Gasteiger partial charge in [0.2, 0.25) is 11.8 Å². The van der Waals surface area contributed by atoms with Crippen LogP contribution < -0.4 is 15.3 Å². The Morgan fingerprint density at radius 1 is 0.789 bits per heavy atom. The first-order chi connectivity index (χ1) is 9.24. The van der Waals surface area contributed by atoms with Gasteiger partial charge in [-0.3, -0.25) is 0 Å². The topological polar surface area (TPSA) is 35.0 Å². The molecular formula is C16H14N2O. The zero-order valence-electron chi connectivity index (χ0n) is 10.5. The van der Waals surface area contributed by atoms with Crippen LogP contribution in [-0.4, -0.2) is 9.97 Å². The van der Waals surface area contributed by atoms with E-state index in [0.717, 1.165) is 5.22 Å².